The normalized spacial score (nSPS) is 20.4. The van der Waals surface area contributed by atoms with Gasteiger partial charge in [-0.1, -0.05) is 6.07 Å². The Kier molecular flexibility index (Phi) is 7.05. The standard InChI is InChI=1S/C34H34F3N5O5/c1-17-10-18(4-9-23(17)34(35,36)37)28-29-24(32(2,16-47-29)31(38)44)13-26(40-28)33(45,21-5-6-21)15-39-30(43)19-11-20-14-42(22-7-8-22)41-27(20)25(12-19)46-3/h4,9-14,21-22,45H,5-8,15-16H2,1-3H3,(H2,38,44)(H,39,43)/t32-,33+/m0/s1. The Balaban J connectivity index is 1.26. The van der Waals surface area contributed by atoms with E-state index in [0.717, 1.165) is 24.3 Å². The van der Waals surface area contributed by atoms with Gasteiger partial charge >= 0.3 is 6.18 Å². The van der Waals surface area contributed by atoms with Gasteiger partial charge in [0.1, 0.15) is 40.3 Å². The number of rotatable bonds is 9. The number of fused-ring (bicyclic) bond motifs is 2. The molecule has 2 saturated carbocycles. The van der Waals surface area contributed by atoms with E-state index in [1.54, 1.807) is 25.1 Å². The maximum Gasteiger partial charge on any atom is 0.416 e. The molecule has 3 aliphatic rings. The number of amides is 2. The van der Waals surface area contributed by atoms with Crippen LogP contribution in [0.3, 0.4) is 0 Å². The Morgan fingerprint density at radius 1 is 1.17 bits per heavy atom. The number of alkyl halides is 3. The van der Waals surface area contributed by atoms with Gasteiger partial charge in [-0.3, -0.25) is 14.3 Å². The largest absolute Gasteiger partial charge is 0.494 e. The molecule has 4 N–H and O–H groups in total. The summed E-state index contributed by atoms with van der Waals surface area (Å²) in [5.41, 5.74) is 4.03. The quantitative estimate of drug-likeness (QED) is 0.234. The summed E-state index contributed by atoms with van der Waals surface area (Å²) in [5, 5.41) is 20.5. The predicted molar refractivity (Wildman–Crippen MR) is 165 cm³/mol. The molecule has 0 radical (unpaired) electrons. The van der Waals surface area contributed by atoms with Gasteiger partial charge in [0.2, 0.25) is 5.91 Å². The number of pyridine rings is 1. The van der Waals surface area contributed by atoms with Crippen molar-refractivity contribution in [3.8, 4) is 22.8 Å². The van der Waals surface area contributed by atoms with E-state index >= 15 is 0 Å². The number of hydrogen-bond acceptors (Lipinski definition) is 7. The van der Waals surface area contributed by atoms with Gasteiger partial charge in [0, 0.05) is 28.3 Å². The van der Waals surface area contributed by atoms with E-state index in [4.69, 9.17) is 20.2 Å². The van der Waals surface area contributed by atoms with Crippen molar-refractivity contribution in [1.82, 2.24) is 20.1 Å². The highest BCUT2D eigenvalue weighted by molar-refractivity contribution is 6.00. The van der Waals surface area contributed by atoms with Crippen LogP contribution in [0, 0.1) is 12.8 Å². The molecule has 13 heteroatoms. The second-order valence-electron chi connectivity index (χ2n) is 13.1. The number of primary amides is 1. The number of carbonyl (C=O) groups is 2. The number of hydrogen-bond donors (Lipinski definition) is 3. The third-order valence-electron chi connectivity index (χ3n) is 9.63. The Morgan fingerprint density at radius 2 is 1.91 bits per heavy atom. The lowest BCUT2D eigenvalue weighted by Crippen LogP contribution is -2.44. The number of nitrogens with one attached hydrogen (secondary N) is 1. The van der Waals surface area contributed by atoms with Crippen LogP contribution in [0.4, 0.5) is 13.2 Å². The first-order valence-electron chi connectivity index (χ1n) is 15.5. The van der Waals surface area contributed by atoms with Crippen molar-refractivity contribution in [2.45, 2.75) is 62.8 Å². The zero-order valence-electron chi connectivity index (χ0n) is 26.1. The van der Waals surface area contributed by atoms with Crippen LogP contribution in [0.2, 0.25) is 0 Å². The molecule has 0 unspecified atom stereocenters. The fourth-order valence-corrected chi connectivity index (χ4v) is 6.39. The molecule has 0 saturated heterocycles. The number of halogens is 3. The monoisotopic (exact) mass is 649 g/mol. The number of aryl methyl sites for hydroxylation is 1. The van der Waals surface area contributed by atoms with E-state index in [1.807, 2.05) is 10.9 Å². The molecular formula is C34H34F3N5O5. The number of methoxy groups -OCH3 is 1. The van der Waals surface area contributed by atoms with E-state index in [0.29, 0.717) is 46.8 Å². The van der Waals surface area contributed by atoms with E-state index < -0.39 is 34.6 Å². The van der Waals surface area contributed by atoms with Crippen LogP contribution >= 0.6 is 0 Å². The SMILES string of the molecule is COc1cc(C(=O)NC[C@](O)(c2cc3c(c(-c4ccc(C(F)(F)F)c(C)c4)n2)OC[C@]3(C)C(N)=O)C2CC2)cc2cn(C3CC3)nc12. The Hall–Kier alpha value is -4.65. The molecule has 47 heavy (non-hydrogen) atoms. The van der Waals surface area contributed by atoms with Crippen LogP contribution in [0.15, 0.2) is 42.6 Å². The van der Waals surface area contributed by atoms with Gasteiger partial charge in [0.05, 0.1) is 31.0 Å². The van der Waals surface area contributed by atoms with Crippen molar-refractivity contribution in [2.24, 2.45) is 11.7 Å². The summed E-state index contributed by atoms with van der Waals surface area (Å²) in [7, 11) is 1.51. The molecule has 246 valence electrons. The average Bonchev–Trinajstić information content (AvgIpc) is 3.97. The Morgan fingerprint density at radius 3 is 2.53 bits per heavy atom. The first-order valence-corrected chi connectivity index (χ1v) is 15.5. The van der Waals surface area contributed by atoms with E-state index in [1.165, 1.54) is 26.2 Å². The van der Waals surface area contributed by atoms with Crippen LogP contribution in [0.1, 0.15) is 71.4 Å². The van der Waals surface area contributed by atoms with Crippen LogP contribution < -0.4 is 20.5 Å². The van der Waals surface area contributed by atoms with E-state index in [-0.39, 0.29) is 41.8 Å². The van der Waals surface area contributed by atoms with Crippen molar-refractivity contribution >= 4 is 22.7 Å². The van der Waals surface area contributed by atoms with Crippen molar-refractivity contribution in [3.63, 3.8) is 0 Å². The number of nitrogens with zero attached hydrogens (tertiary/aromatic N) is 3. The van der Waals surface area contributed by atoms with Gasteiger partial charge in [-0.15, -0.1) is 0 Å². The van der Waals surface area contributed by atoms with Crippen LogP contribution in [-0.2, 0) is 22.0 Å². The van der Waals surface area contributed by atoms with Crippen molar-refractivity contribution in [3.05, 3.63) is 70.5 Å². The highest BCUT2D eigenvalue weighted by Crippen LogP contribution is 2.50. The summed E-state index contributed by atoms with van der Waals surface area (Å²) >= 11 is 0. The first kappa shape index (κ1) is 31.0. The second-order valence-corrected chi connectivity index (χ2v) is 13.1. The van der Waals surface area contributed by atoms with E-state index in [2.05, 4.69) is 10.4 Å². The van der Waals surface area contributed by atoms with Gasteiger partial charge in [0.25, 0.3) is 5.91 Å². The maximum absolute atomic E-state index is 13.6. The molecule has 2 amide bonds. The molecule has 2 aromatic carbocycles. The molecule has 1 aliphatic heterocycles. The molecule has 3 heterocycles. The van der Waals surface area contributed by atoms with Gasteiger partial charge in [-0.05, 0) is 81.3 Å². The molecule has 4 aromatic rings. The second kappa shape index (κ2) is 10.7. The zero-order valence-corrected chi connectivity index (χ0v) is 26.1. The van der Waals surface area contributed by atoms with Gasteiger partial charge < -0.3 is 25.6 Å². The predicted octanol–water partition coefficient (Wildman–Crippen LogP) is 4.93. The summed E-state index contributed by atoms with van der Waals surface area (Å²) in [6, 6.07) is 8.86. The molecule has 10 nitrogen and oxygen atoms in total. The van der Waals surface area contributed by atoms with Crippen molar-refractivity contribution in [1.29, 1.82) is 0 Å². The van der Waals surface area contributed by atoms with Crippen LogP contribution in [0.25, 0.3) is 22.2 Å². The molecule has 0 spiro atoms. The minimum Gasteiger partial charge on any atom is -0.494 e. The maximum atomic E-state index is 13.6. The number of aromatic nitrogens is 3. The molecule has 7 rings (SSSR count). The highest BCUT2D eigenvalue weighted by atomic mass is 19.4. The smallest absolute Gasteiger partial charge is 0.416 e. The van der Waals surface area contributed by atoms with Gasteiger partial charge in [-0.2, -0.15) is 18.3 Å². The summed E-state index contributed by atoms with van der Waals surface area (Å²) < 4.78 is 54.0. The average molecular weight is 650 g/mol. The number of nitrogens with two attached hydrogens (primary N) is 1. The van der Waals surface area contributed by atoms with Crippen molar-refractivity contribution in [2.75, 3.05) is 20.3 Å². The summed E-state index contributed by atoms with van der Waals surface area (Å²) in [4.78, 5) is 31.0. The van der Waals surface area contributed by atoms with Gasteiger partial charge in [0.15, 0.2) is 0 Å². The number of ether oxygens (including phenoxy) is 2. The van der Waals surface area contributed by atoms with Gasteiger partial charge in [-0.25, -0.2) is 4.98 Å². The lowest BCUT2D eigenvalue weighted by molar-refractivity contribution is -0.138. The molecule has 0 bridgehead atoms. The number of benzene rings is 2. The fraction of sp³-hybridized carbons (Fsp3) is 0.412. The fourth-order valence-electron chi connectivity index (χ4n) is 6.39. The summed E-state index contributed by atoms with van der Waals surface area (Å²) in [6.07, 6.45) is 0.754. The summed E-state index contributed by atoms with van der Waals surface area (Å²) in [6.45, 7) is 2.64. The molecular weight excluding hydrogens is 615 g/mol. The van der Waals surface area contributed by atoms with E-state index in [9.17, 15) is 27.9 Å². The van der Waals surface area contributed by atoms with Crippen LogP contribution in [-0.4, -0.2) is 51.9 Å². The lowest BCUT2D eigenvalue weighted by Gasteiger charge is -2.30. The topological polar surface area (TPSA) is 142 Å². The third-order valence-corrected chi connectivity index (χ3v) is 9.63. The van der Waals surface area contributed by atoms with Crippen LogP contribution in [0.5, 0.6) is 11.5 Å². The summed E-state index contributed by atoms with van der Waals surface area (Å²) in [5.74, 6) is -0.726. The molecule has 2 fully saturated rings. The molecule has 2 aromatic heterocycles. The lowest BCUT2D eigenvalue weighted by atomic mass is 9.81. The number of carbonyl (C=O) groups excluding carboxylic acids is 2. The highest BCUT2D eigenvalue weighted by Gasteiger charge is 2.50. The number of aliphatic hydroxyl groups is 1. The molecule has 2 aliphatic carbocycles. The third kappa shape index (κ3) is 5.26. The minimum absolute atomic E-state index is 0.0218. The Labute approximate surface area is 268 Å². The zero-order chi connectivity index (χ0) is 33.5. The molecule has 2 atom stereocenters. The minimum atomic E-state index is -4.54. The first-order chi connectivity index (χ1) is 22.2. The Bertz CT molecular complexity index is 1950. The van der Waals surface area contributed by atoms with Crippen molar-refractivity contribution < 1.29 is 37.3 Å².